The normalized spacial score (nSPS) is 12.7. The average Bonchev–Trinajstić information content (AvgIpc) is 2.93. The quantitative estimate of drug-likeness (QED) is 0.627. The largest absolute Gasteiger partial charge is 0.494 e. The van der Waals surface area contributed by atoms with Crippen molar-refractivity contribution in [2.45, 2.75) is 32.4 Å². The van der Waals surface area contributed by atoms with Gasteiger partial charge in [-0.3, -0.25) is 11.3 Å². The van der Waals surface area contributed by atoms with Crippen molar-refractivity contribution < 1.29 is 9.13 Å². The summed E-state index contributed by atoms with van der Waals surface area (Å²) in [4.78, 5) is 4.24. The molecule has 0 amide bonds. The molecule has 0 saturated carbocycles. The van der Waals surface area contributed by atoms with E-state index in [0.717, 1.165) is 11.4 Å². The summed E-state index contributed by atoms with van der Waals surface area (Å²) in [5.74, 6) is 6.19. The molecule has 0 fully saturated rings. The number of benzene rings is 1. The van der Waals surface area contributed by atoms with Crippen LogP contribution in [-0.4, -0.2) is 21.9 Å². The van der Waals surface area contributed by atoms with E-state index in [1.807, 2.05) is 18.5 Å². The second-order valence-electron chi connectivity index (χ2n) is 5.03. The summed E-state index contributed by atoms with van der Waals surface area (Å²) < 4.78 is 20.5. The van der Waals surface area contributed by atoms with Crippen LogP contribution in [0.4, 0.5) is 4.39 Å². The van der Waals surface area contributed by atoms with Crippen LogP contribution < -0.4 is 16.0 Å². The van der Waals surface area contributed by atoms with Gasteiger partial charge in [0.15, 0.2) is 11.6 Å². The van der Waals surface area contributed by atoms with Crippen molar-refractivity contribution in [1.82, 2.24) is 20.2 Å². The highest BCUT2D eigenvalue weighted by atomic mass is 19.1. The lowest BCUT2D eigenvalue weighted by Gasteiger charge is -2.18. The molecule has 0 saturated heterocycles. The van der Waals surface area contributed by atoms with E-state index >= 15 is 0 Å². The highest BCUT2D eigenvalue weighted by Gasteiger charge is 2.17. The van der Waals surface area contributed by atoms with Crippen LogP contribution >= 0.6 is 0 Å². The monoisotopic (exact) mass is 293 g/mol. The van der Waals surface area contributed by atoms with Crippen molar-refractivity contribution in [1.29, 1.82) is 0 Å². The molecule has 1 aromatic carbocycles. The molecule has 0 bridgehead atoms. The number of hydrogen-bond donors (Lipinski definition) is 2. The van der Waals surface area contributed by atoms with Crippen molar-refractivity contribution in [3.63, 3.8) is 0 Å². The first kappa shape index (κ1) is 15.4. The third kappa shape index (κ3) is 3.37. The maximum Gasteiger partial charge on any atom is 0.165 e. The van der Waals surface area contributed by atoms with Crippen LogP contribution in [0.15, 0.2) is 24.5 Å². The van der Waals surface area contributed by atoms with Gasteiger partial charge in [-0.2, -0.15) is 5.10 Å². The van der Waals surface area contributed by atoms with Gasteiger partial charge in [0, 0.05) is 12.5 Å². The van der Waals surface area contributed by atoms with E-state index in [1.165, 1.54) is 19.5 Å². The van der Waals surface area contributed by atoms with Gasteiger partial charge in [-0.15, -0.1) is 0 Å². The van der Waals surface area contributed by atoms with Gasteiger partial charge in [0.2, 0.25) is 0 Å². The Bertz CT molecular complexity index is 599. The molecule has 0 aliphatic heterocycles. The van der Waals surface area contributed by atoms with Crippen LogP contribution in [0.2, 0.25) is 0 Å². The minimum Gasteiger partial charge on any atom is -0.494 e. The van der Waals surface area contributed by atoms with Crippen LogP contribution in [-0.2, 0) is 6.42 Å². The topological polar surface area (TPSA) is 78.0 Å². The van der Waals surface area contributed by atoms with Crippen molar-refractivity contribution in [2.75, 3.05) is 7.11 Å². The summed E-state index contributed by atoms with van der Waals surface area (Å²) in [7, 11) is 1.43. The van der Waals surface area contributed by atoms with Crippen LogP contribution in [0.3, 0.4) is 0 Å². The van der Waals surface area contributed by atoms with E-state index in [-0.39, 0.29) is 17.8 Å². The van der Waals surface area contributed by atoms with Gasteiger partial charge in [-0.1, -0.05) is 6.07 Å². The van der Waals surface area contributed by atoms with Crippen LogP contribution in [0.5, 0.6) is 5.75 Å². The smallest absolute Gasteiger partial charge is 0.165 e. The zero-order valence-electron chi connectivity index (χ0n) is 12.4. The number of hydrogen-bond acceptors (Lipinski definition) is 5. The molecule has 0 radical (unpaired) electrons. The predicted octanol–water partition coefficient (Wildman–Crippen LogP) is 1.75. The molecular weight excluding hydrogens is 273 g/mol. The zero-order valence-corrected chi connectivity index (χ0v) is 12.4. The number of nitrogens with two attached hydrogens (primary N) is 1. The molecule has 0 aliphatic carbocycles. The summed E-state index contributed by atoms with van der Waals surface area (Å²) >= 11 is 0. The Morgan fingerprint density at radius 1 is 1.43 bits per heavy atom. The van der Waals surface area contributed by atoms with E-state index < -0.39 is 5.82 Å². The first-order chi connectivity index (χ1) is 10.1. The van der Waals surface area contributed by atoms with Crippen LogP contribution in [0.1, 0.15) is 37.3 Å². The molecule has 6 nitrogen and oxygen atoms in total. The minimum absolute atomic E-state index is 0.202. The number of aromatic nitrogens is 3. The SMILES string of the molecule is COc1ccc(C(Cc2ncnn2C(C)C)NN)cc1F. The van der Waals surface area contributed by atoms with Gasteiger partial charge in [0.25, 0.3) is 0 Å². The predicted molar refractivity (Wildman–Crippen MR) is 77.1 cm³/mol. The highest BCUT2D eigenvalue weighted by Crippen LogP contribution is 2.23. The maximum absolute atomic E-state index is 13.8. The molecule has 0 aliphatic rings. The van der Waals surface area contributed by atoms with Crippen molar-refractivity contribution in [2.24, 2.45) is 5.84 Å². The van der Waals surface area contributed by atoms with E-state index in [2.05, 4.69) is 15.5 Å². The number of ether oxygens (including phenoxy) is 1. The lowest BCUT2D eigenvalue weighted by molar-refractivity contribution is 0.385. The number of halogens is 1. The van der Waals surface area contributed by atoms with E-state index in [1.54, 1.807) is 12.1 Å². The summed E-state index contributed by atoms with van der Waals surface area (Å²) in [6.45, 7) is 4.05. The minimum atomic E-state index is -0.416. The molecule has 7 heteroatoms. The number of rotatable bonds is 6. The lowest BCUT2D eigenvalue weighted by Crippen LogP contribution is -2.30. The van der Waals surface area contributed by atoms with Crippen LogP contribution in [0.25, 0.3) is 0 Å². The lowest BCUT2D eigenvalue weighted by atomic mass is 10.0. The van der Waals surface area contributed by atoms with Gasteiger partial charge >= 0.3 is 0 Å². The number of nitrogens with zero attached hydrogens (tertiary/aromatic N) is 3. The molecule has 2 rings (SSSR count). The van der Waals surface area contributed by atoms with Gasteiger partial charge in [-0.25, -0.2) is 14.1 Å². The fraction of sp³-hybridized carbons (Fsp3) is 0.429. The van der Waals surface area contributed by atoms with Gasteiger partial charge < -0.3 is 4.74 Å². The fourth-order valence-electron chi connectivity index (χ4n) is 2.21. The molecular formula is C14H20FN5O. The molecule has 2 aromatic rings. The second kappa shape index (κ2) is 6.64. The standard InChI is InChI=1S/C14H20FN5O/c1-9(2)20-14(17-8-18-20)7-12(19-16)10-4-5-13(21-3)11(15)6-10/h4-6,8-9,12,19H,7,16H2,1-3H3. The molecule has 1 aromatic heterocycles. The number of nitrogens with one attached hydrogen (secondary N) is 1. The highest BCUT2D eigenvalue weighted by molar-refractivity contribution is 5.31. The molecule has 3 N–H and O–H groups in total. The summed E-state index contributed by atoms with van der Waals surface area (Å²) in [5.41, 5.74) is 3.43. The van der Waals surface area contributed by atoms with Gasteiger partial charge in [0.05, 0.1) is 13.2 Å². The Morgan fingerprint density at radius 2 is 2.19 bits per heavy atom. The molecule has 1 heterocycles. The molecule has 114 valence electrons. The molecule has 1 atom stereocenters. The molecule has 1 unspecified atom stereocenters. The third-order valence-corrected chi connectivity index (χ3v) is 3.30. The third-order valence-electron chi connectivity index (χ3n) is 3.30. The Labute approximate surface area is 123 Å². The summed E-state index contributed by atoms with van der Waals surface area (Å²) in [6, 6.07) is 4.73. The van der Waals surface area contributed by atoms with E-state index in [0.29, 0.717) is 6.42 Å². The van der Waals surface area contributed by atoms with Crippen LogP contribution in [0, 0.1) is 5.82 Å². The summed E-state index contributed by atoms with van der Waals surface area (Å²) in [6.07, 6.45) is 2.03. The second-order valence-corrected chi connectivity index (χ2v) is 5.03. The van der Waals surface area contributed by atoms with Crippen molar-refractivity contribution >= 4 is 0 Å². The molecule has 21 heavy (non-hydrogen) atoms. The van der Waals surface area contributed by atoms with Crippen molar-refractivity contribution in [3.8, 4) is 5.75 Å². The Kier molecular flexibility index (Phi) is 4.87. The first-order valence-corrected chi connectivity index (χ1v) is 6.74. The maximum atomic E-state index is 13.8. The average molecular weight is 293 g/mol. The fourth-order valence-corrected chi connectivity index (χ4v) is 2.21. The van der Waals surface area contributed by atoms with Gasteiger partial charge in [0.1, 0.15) is 12.2 Å². The zero-order chi connectivity index (χ0) is 15.4. The van der Waals surface area contributed by atoms with E-state index in [9.17, 15) is 4.39 Å². The Hall–Kier alpha value is -1.99. The van der Waals surface area contributed by atoms with Crippen molar-refractivity contribution in [3.05, 3.63) is 41.7 Å². The Morgan fingerprint density at radius 3 is 2.76 bits per heavy atom. The number of hydrazine groups is 1. The first-order valence-electron chi connectivity index (χ1n) is 6.74. The van der Waals surface area contributed by atoms with E-state index in [4.69, 9.17) is 10.6 Å². The van der Waals surface area contributed by atoms with Gasteiger partial charge in [-0.05, 0) is 31.5 Å². The number of methoxy groups -OCH3 is 1. The molecule has 0 spiro atoms. The Balaban J connectivity index is 2.23. The summed E-state index contributed by atoms with van der Waals surface area (Å²) in [5, 5.41) is 4.18.